The first-order valence-electron chi connectivity index (χ1n) is 13.0. The summed E-state index contributed by atoms with van der Waals surface area (Å²) in [7, 11) is -5.56. The van der Waals surface area contributed by atoms with Crippen LogP contribution in [0.1, 0.15) is 12.5 Å². The smallest absolute Gasteiger partial charge is 0.726 e. The molecule has 0 aliphatic carbocycles. The second kappa shape index (κ2) is 19.8. The summed E-state index contributed by atoms with van der Waals surface area (Å²) in [5.74, 6) is -2.80. The van der Waals surface area contributed by atoms with Crippen molar-refractivity contribution in [3.05, 3.63) is 35.9 Å². The van der Waals surface area contributed by atoms with Gasteiger partial charge in [-0.05, 0) is 5.56 Å². The second-order valence-corrected chi connectivity index (χ2v) is 10.6. The molecule has 0 radical (unpaired) electrons. The number of carbonyl (C=O) groups is 3. The van der Waals surface area contributed by atoms with Crippen molar-refractivity contribution < 1.29 is 140 Å². The summed E-state index contributed by atoms with van der Waals surface area (Å²) < 4.78 is 65.9. The molecule has 19 nitrogen and oxygen atoms in total. The number of hydrogen-bond donors (Lipinski definition) is 6. The van der Waals surface area contributed by atoms with Gasteiger partial charge in [-0.15, -0.1) is 0 Å². The molecule has 0 bridgehead atoms. The number of carbonyl (C=O) groups excluding carboxylic acids is 3. The normalized spacial score (nSPS) is 31.0. The number of carboxylic acids is 1. The van der Waals surface area contributed by atoms with E-state index < -0.39 is 96.3 Å². The fourth-order valence-corrected chi connectivity index (χ4v) is 4.91. The van der Waals surface area contributed by atoms with Crippen molar-refractivity contribution in [2.75, 3.05) is 19.8 Å². The molecule has 3 rings (SSSR count). The quantitative estimate of drug-likeness (QED) is 0.0482. The Morgan fingerprint density at radius 2 is 1.63 bits per heavy atom. The largest absolute Gasteiger partial charge is 1.00 e. The van der Waals surface area contributed by atoms with E-state index in [2.05, 4.69) is 14.8 Å². The summed E-state index contributed by atoms with van der Waals surface area (Å²) in [6.07, 6.45) is -19.0. The molecule has 0 unspecified atom stereocenters. The number of alkyl carbamates (subject to hydrolysis) is 1. The Morgan fingerprint density at radius 1 is 0.978 bits per heavy atom. The number of amides is 2. The number of ether oxygens (including phenoxy) is 5. The zero-order valence-corrected chi connectivity index (χ0v) is 29.8. The first kappa shape index (κ1) is 43.0. The van der Waals surface area contributed by atoms with Gasteiger partial charge in [-0.1, -0.05) is 30.3 Å². The first-order chi connectivity index (χ1) is 20.7. The molecule has 2 fully saturated rings. The third-order valence-corrected chi connectivity index (χ3v) is 6.84. The van der Waals surface area contributed by atoms with Crippen LogP contribution < -0.4 is 74.9 Å². The number of aliphatic hydroxyl groups excluding tert-OH is 4. The zero-order valence-electron chi connectivity index (χ0n) is 25.0. The van der Waals surface area contributed by atoms with Crippen LogP contribution in [0, 0.1) is 0 Å². The summed E-state index contributed by atoms with van der Waals surface area (Å²) in [5.41, 5.74) is 0.727. The van der Waals surface area contributed by atoms with Gasteiger partial charge in [-0.25, -0.2) is 13.2 Å². The Hall–Kier alpha value is -1.02. The van der Waals surface area contributed by atoms with E-state index in [1.54, 1.807) is 30.3 Å². The van der Waals surface area contributed by atoms with E-state index in [4.69, 9.17) is 23.7 Å². The van der Waals surface area contributed by atoms with Gasteiger partial charge in [0.15, 0.2) is 12.6 Å². The van der Waals surface area contributed by atoms with Crippen LogP contribution in [-0.2, 0) is 54.5 Å². The molecule has 1 aromatic carbocycles. The van der Waals surface area contributed by atoms with Crippen LogP contribution in [-0.4, -0.2) is 132 Å². The number of nitrogens with one attached hydrogen (secondary N) is 2. The molecular weight excluding hydrogens is 666 g/mol. The molecule has 0 spiro atoms. The average molecular weight is 699 g/mol. The van der Waals surface area contributed by atoms with Crippen molar-refractivity contribution in [1.29, 1.82) is 0 Å². The van der Waals surface area contributed by atoms with E-state index in [-0.39, 0.29) is 78.9 Å². The Bertz CT molecular complexity index is 1230. The summed E-state index contributed by atoms with van der Waals surface area (Å²) >= 11 is 0. The molecule has 2 aliphatic rings. The van der Waals surface area contributed by atoms with Gasteiger partial charge in [0.2, 0.25) is 16.3 Å². The van der Waals surface area contributed by atoms with E-state index in [1.807, 2.05) is 0 Å². The van der Waals surface area contributed by atoms with Gasteiger partial charge in [0.05, 0.1) is 19.2 Å². The van der Waals surface area contributed by atoms with Crippen LogP contribution in [0.25, 0.3) is 0 Å². The monoisotopic (exact) mass is 698 g/mol. The Labute approximate surface area is 307 Å². The number of aliphatic hydroxyl groups is 4. The number of rotatable bonds is 13. The fraction of sp³-hybridized carbons (Fsp3) is 0.625. The third-order valence-electron chi connectivity index (χ3n) is 6.38. The topological polar surface area (TPSA) is 292 Å². The minimum absolute atomic E-state index is 0. The minimum atomic E-state index is -5.56. The van der Waals surface area contributed by atoms with Gasteiger partial charge in [-0.2, -0.15) is 0 Å². The first-order valence-corrected chi connectivity index (χ1v) is 14.3. The summed E-state index contributed by atoms with van der Waals surface area (Å²) in [5, 5.41) is 56.5. The van der Waals surface area contributed by atoms with Crippen molar-refractivity contribution >= 4 is 28.4 Å². The van der Waals surface area contributed by atoms with Crippen molar-refractivity contribution in [3.8, 4) is 0 Å². The maximum Gasteiger partial charge on any atom is 1.00 e. The van der Waals surface area contributed by atoms with Crippen LogP contribution in [0.15, 0.2) is 30.3 Å². The zero-order chi connectivity index (χ0) is 32.6. The Morgan fingerprint density at radius 3 is 2.20 bits per heavy atom. The average Bonchev–Trinajstić information content (AvgIpc) is 2.96. The predicted molar refractivity (Wildman–Crippen MR) is 135 cm³/mol. The Kier molecular flexibility index (Phi) is 18.6. The van der Waals surface area contributed by atoms with Crippen molar-refractivity contribution in [2.24, 2.45) is 0 Å². The molecule has 2 amide bonds. The Balaban J connectivity index is 0.00000529. The molecule has 10 atom stereocenters. The minimum Gasteiger partial charge on any atom is -0.726 e. The van der Waals surface area contributed by atoms with Crippen LogP contribution in [0.5, 0.6) is 0 Å². The maximum atomic E-state index is 12.1. The fourth-order valence-electron chi connectivity index (χ4n) is 4.41. The number of benzene rings is 1. The summed E-state index contributed by atoms with van der Waals surface area (Å²) in [4.78, 5) is 35.5. The van der Waals surface area contributed by atoms with E-state index in [0.29, 0.717) is 0 Å². The molecule has 1 aromatic rings. The predicted octanol–water partition coefficient (Wildman–Crippen LogP) is -11.1. The van der Waals surface area contributed by atoms with Crippen molar-refractivity contribution in [3.63, 3.8) is 0 Å². The molecular formula is C24H32N2Na2O17S. The number of aliphatic carboxylic acids is 1. The summed E-state index contributed by atoms with van der Waals surface area (Å²) in [6.45, 7) is -0.544. The molecule has 0 aromatic heterocycles. The molecule has 2 heterocycles. The molecule has 0 saturated carbocycles. The SMILES string of the molecule is CC(=O)N[C@H]1[C@H](OCCNC(=O)OCc2ccccc2)O[C@H](CO)[C@H](OS(=O)(=O)[O-])[C@@H]1O[C@@H]1O[C@H](C(=O)[O-])[C@@H](O)[C@H](O)[C@H]1O.[Na+].[Na+]. The van der Waals surface area contributed by atoms with E-state index in [0.717, 1.165) is 12.5 Å². The van der Waals surface area contributed by atoms with Crippen LogP contribution in [0.4, 0.5) is 4.79 Å². The van der Waals surface area contributed by atoms with E-state index in [1.165, 1.54) is 0 Å². The van der Waals surface area contributed by atoms with Crippen LogP contribution >= 0.6 is 0 Å². The molecule has 2 saturated heterocycles. The van der Waals surface area contributed by atoms with Gasteiger partial charge >= 0.3 is 65.2 Å². The van der Waals surface area contributed by atoms with Crippen molar-refractivity contribution in [2.45, 2.75) is 74.9 Å². The maximum absolute atomic E-state index is 12.1. The van der Waals surface area contributed by atoms with Gasteiger partial charge in [0.25, 0.3) is 0 Å². The van der Waals surface area contributed by atoms with Gasteiger partial charge in [0.1, 0.15) is 55.4 Å². The number of hydrogen-bond acceptors (Lipinski definition) is 17. The van der Waals surface area contributed by atoms with Crippen LogP contribution in [0.3, 0.4) is 0 Å². The van der Waals surface area contributed by atoms with E-state index >= 15 is 0 Å². The third kappa shape index (κ3) is 12.5. The standard InChI is InChI=1S/C24H34N2O17S.2Na/c1-11(28)26-14-19(41-23-17(31)15(29)16(30)20(42-23)21(32)33)18(43-44(35,36)37)13(9-27)40-22(14)38-8-7-25-24(34)39-10-12-5-3-2-4-6-12;;/h2-6,13-20,22-23,27,29-31H,7-10H2,1H3,(H,25,34)(H,26,28)(H,32,33)(H,35,36,37);;/q;2*+1/p-2/t13-,14-,15+,16+,17-,18+,19-,20+,22-,23-;;/m1../s1. The van der Waals surface area contributed by atoms with Crippen molar-refractivity contribution in [1.82, 2.24) is 10.6 Å². The van der Waals surface area contributed by atoms with Gasteiger partial charge < -0.3 is 69.2 Å². The molecule has 2 aliphatic heterocycles. The van der Waals surface area contributed by atoms with Crippen LogP contribution in [0.2, 0.25) is 0 Å². The number of carboxylic acid groups (broad SMARTS) is 1. The molecule has 46 heavy (non-hydrogen) atoms. The molecule has 6 N–H and O–H groups in total. The summed E-state index contributed by atoms with van der Waals surface area (Å²) in [6, 6.07) is 7.16. The second-order valence-electron chi connectivity index (χ2n) is 9.60. The molecule has 22 heteroatoms. The van der Waals surface area contributed by atoms with Gasteiger partial charge in [0, 0.05) is 13.5 Å². The van der Waals surface area contributed by atoms with E-state index in [9.17, 15) is 52.9 Å². The molecule has 248 valence electrons. The van der Waals surface area contributed by atoms with Gasteiger partial charge in [-0.3, -0.25) is 8.98 Å².